The lowest BCUT2D eigenvalue weighted by atomic mass is 10.0. The highest BCUT2D eigenvalue weighted by molar-refractivity contribution is 7.11. The van der Waals surface area contributed by atoms with Gasteiger partial charge < -0.3 is 23.8 Å². The van der Waals surface area contributed by atoms with E-state index >= 15 is 0 Å². The molecule has 0 aliphatic carbocycles. The minimum absolute atomic E-state index is 0.172. The van der Waals surface area contributed by atoms with E-state index in [2.05, 4.69) is 10.2 Å². The van der Waals surface area contributed by atoms with E-state index in [-0.39, 0.29) is 11.6 Å². The first-order valence-electron chi connectivity index (χ1n) is 11.6. The lowest BCUT2D eigenvalue weighted by Crippen LogP contribution is -2.42. The molecule has 1 aromatic heterocycles. The Kier molecular flexibility index (Phi) is 8.50. The van der Waals surface area contributed by atoms with Crippen molar-refractivity contribution in [3.63, 3.8) is 0 Å². The van der Waals surface area contributed by atoms with Crippen LogP contribution < -0.4 is 14.2 Å². The van der Waals surface area contributed by atoms with Crippen molar-refractivity contribution in [1.82, 2.24) is 15.1 Å². The molecule has 1 fully saturated rings. The number of hydrogen-bond donors (Lipinski definition) is 0. The third-order valence-corrected chi connectivity index (χ3v) is 6.99. The molecule has 9 nitrogen and oxygen atoms in total. The number of nitrogens with zero attached hydrogens (tertiary/aromatic N) is 3. The maximum absolute atomic E-state index is 13.4. The van der Waals surface area contributed by atoms with Crippen LogP contribution in [0.3, 0.4) is 0 Å². The number of rotatable bonds is 10. The number of carbonyl (C=O) groups is 2. The van der Waals surface area contributed by atoms with Crippen molar-refractivity contribution in [2.24, 2.45) is 0 Å². The van der Waals surface area contributed by atoms with E-state index in [9.17, 15) is 9.59 Å². The predicted octanol–water partition coefficient (Wildman–Crippen LogP) is 4.22. The molecule has 2 aromatic carbocycles. The van der Waals surface area contributed by atoms with Crippen LogP contribution in [0.2, 0.25) is 0 Å². The Morgan fingerprint density at radius 1 is 0.972 bits per heavy atom. The SMILES string of the molecule is COc1cc(C(=O)C(=O)N2CCCCC2c2nnc(COCc3ccccc3)s2)cc(OC)c1OC. The highest BCUT2D eigenvalue weighted by Gasteiger charge is 2.35. The molecule has 0 bridgehead atoms. The topological polar surface area (TPSA) is 100 Å². The van der Waals surface area contributed by atoms with Gasteiger partial charge in [-0.2, -0.15) is 0 Å². The van der Waals surface area contributed by atoms with Gasteiger partial charge >= 0.3 is 0 Å². The third kappa shape index (κ3) is 5.66. The van der Waals surface area contributed by atoms with Gasteiger partial charge in [0.05, 0.1) is 34.0 Å². The van der Waals surface area contributed by atoms with Crippen LogP contribution in [0.4, 0.5) is 0 Å². The molecular formula is C26H29N3O6S. The molecule has 1 atom stereocenters. The molecule has 1 unspecified atom stereocenters. The fourth-order valence-electron chi connectivity index (χ4n) is 4.19. The Morgan fingerprint density at radius 2 is 1.69 bits per heavy atom. The number of methoxy groups -OCH3 is 3. The zero-order valence-electron chi connectivity index (χ0n) is 20.6. The van der Waals surface area contributed by atoms with Gasteiger partial charge in [0.25, 0.3) is 11.7 Å². The fraction of sp³-hybridized carbons (Fsp3) is 0.385. The van der Waals surface area contributed by atoms with Crippen molar-refractivity contribution >= 4 is 23.0 Å². The van der Waals surface area contributed by atoms with E-state index in [0.717, 1.165) is 23.4 Å². The van der Waals surface area contributed by atoms with Gasteiger partial charge in [-0.05, 0) is 37.0 Å². The molecule has 190 valence electrons. The molecule has 0 radical (unpaired) electrons. The normalized spacial score (nSPS) is 15.4. The number of amides is 1. The summed E-state index contributed by atoms with van der Waals surface area (Å²) in [7, 11) is 4.41. The van der Waals surface area contributed by atoms with E-state index < -0.39 is 11.7 Å². The second-order valence-electron chi connectivity index (χ2n) is 8.27. The Balaban J connectivity index is 1.48. The summed E-state index contributed by atoms with van der Waals surface area (Å²) in [5, 5.41) is 10.0. The molecule has 36 heavy (non-hydrogen) atoms. The minimum atomic E-state index is -0.642. The summed E-state index contributed by atoms with van der Waals surface area (Å²) in [6.45, 7) is 1.28. The Hall–Kier alpha value is -3.50. The number of ether oxygens (including phenoxy) is 4. The second-order valence-corrected chi connectivity index (χ2v) is 9.36. The smallest absolute Gasteiger partial charge is 0.295 e. The summed E-state index contributed by atoms with van der Waals surface area (Å²) in [6, 6.07) is 12.6. The molecule has 4 rings (SSSR count). The summed E-state index contributed by atoms with van der Waals surface area (Å²) >= 11 is 1.41. The maximum atomic E-state index is 13.4. The average Bonchev–Trinajstić information content (AvgIpc) is 3.40. The largest absolute Gasteiger partial charge is 0.493 e. The number of carbonyl (C=O) groups excluding carboxylic acids is 2. The molecule has 1 aliphatic rings. The van der Waals surface area contributed by atoms with Gasteiger partial charge in [-0.1, -0.05) is 41.7 Å². The first-order chi connectivity index (χ1) is 17.5. The van der Waals surface area contributed by atoms with Gasteiger partial charge in [-0.25, -0.2) is 0 Å². The molecular weight excluding hydrogens is 482 g/mol. The number of likely N-dealkylation sites (tertiary alicyclic amines) is 1. The van der Waals surface area contributed by atoms with Crippen LogP contribution in [0.5, 0.6) is 17.2 Å². The Labute approximate surface area is 214 Å². The average molecular weight is 512 g/mol. The molecule has 1 amide bonds. The van der Waals surface area contributed by atoms with Crippen LogP contribution in [0, 0.1) is 0 Å². The van der Waals surface area contributed by atoms with Crippen LogP contribution in [-0.4, -0.2) is 54.7 Å². The highest BCUT2D eigenvalue weighted by Crippen LogP contribution is 2.39. The highest BCUT2D eigenvalue weighted by atomic mass is 32.1. The van der Waals surface area contributed by atoms with E-state index in [4.69, 9.17) is 18.9 Å². The molecule has 3 aromatic rings. The van der Waals surface area contributed by atoms with Gasteiger partial charge in [-0.15, -0.1) is 10.2 Å². The van der Waals surface area contributed by atoms with Crippen LogP contribution >= 0.6 is 11.3 Å². The summed E-state index contributed by atoms with van der Waals surface area (Å²) in [6.07, 6.45) is 2.47. The molecule has 1 aliphatic heterocycles. The number of aromatic nitrogens is 2. The van der Waals surface area contributed by atoms with Gasteiger partial charge in [0, 0.05) is 12.1 Å². The Morgan fingerprint density at radius 3 is 2.36 bits per heavy atom. The Bertz CT molecular complexity index is 1170. The molecule has 2 heterocycles. The summed E-state index contributed by atoms with van der Waals surface area (Å²) < 4.78 is 21.8. The first kappa shape index (κ1) is 25.6. The molecule has 0 saturated carbocycles. The van der Waals surface area contributed by atoms with Crippen LogP contribution in [0.1, 0.15) is 51.2 Å². The summed E-state index contributed by atoms with van der Waals surface area (Å²) in [5.41, 5.74) is 1.25. The van der Waals surface area contributed by atoms with Gasteiger partial charge in [0.2, 0.25) is 5.75 Å². The molecule has 10 heteroatoms. The van der Waals surface area contributed by atoms with Crippen LogP contribution in [-0.2, 0) is 22.7 Å². The van der Waals surface area contributed by atoms with Crippen LogP contribution in [0.25, 0.3) is 0 Å². The minimum Gasteiger partial charge on any atom is -0.493 e. The van der Waals surface area contributed by atoms with Crippen LogP contribution in [0.15, 0.2) is 42.5 Å². The standard InChI is InChI=1S/C26H29N3O6S/c1-32-20-13-18(14-21(33-2)24(20)34-3)23(30)26(31)29-12-8-7-11-19(29)25-28-27-22(36-25)16-35-15-17-9-5-4-6-10-17/h4-6,9-10,13-14,19H,7-8,11-12,15-16H2,1-3H3. The van der Waals surface area contributed by atoms with Crippen molar-refractivity contribution in [2.45, 2.75) is 38.5 Å². The number of Topliss-reactive ketones (excluding diaryl/α,β-unsaturated/α-hetero) is 1. The van der Waals surface area contributed by atoms with E-state index in [1.54, 1.807) is 4.90 Å². The fourth-order valence-corrected chi connectivity index (χ4v) is 5.12. The third-order valence-electron chi connectivity index (χ3n) is 5.99. The van der Waals surface area contributed by atoms with E-state index in [1.807, 2.05) is 30.3 Å². The molecule has 1 saturated heterocycles. The van der Waals surface area contributed by atoms with Gasteiger partial charge in [-0.3, -0.25) is 9.59 Å². The quantitative estimate of drug-likeness (QED) is 0.295. The van der Waals surface area contributed by atoms with Crippen molar-refractivity contribution in [2.75, 3.05) is 27.9 Å². The zero-order valence-corrected chi connectivity index (χ0v) is 21.4. The lowest BCUT2D eigenvalue weighted by Gasteiger charge is -2.33. The van der Waals surface area contributed by atoms with Crippen molar-refractivity contribution in [3.05, 3.63) is 63.6 Å². The van der Waals surface area contributed by atoms with Crippen molar-refractivity contribution in [1.29, 1.82) is 0 Å². The van der Waals surface area contributed by atoms with E-state index in [1.165, 1.54) is 44.8 Å². The summed E-state index contributed by atoms with van der Waals surface area (Å²) in [4.78, 5) is 28.2. The number of hydrogen-bond acceptors (Lipinski definition) is 9. The number of piperidine rings is 1. The number of ketones is 1. The first-order valence-corrected chi connectivity index (χ1v) is 12.5. The van der Waals surface area contributed by atoms with Crippen molar-refractivity contribution in [3.8, 4) is 17.2 Å². The summed E-state index contributed by atoms with van der Waals surface area (Å²) in [5.74, 6) is -0.251. The molecule has 0 N–H and O–H groups in total. The second kappa shape index (κ2) is 12.0. The van der Waals surface area contributed by atoms with Gasteiger partial charge in [0.15, 0.2) is 11.5 Å². The monoisotopic (exact) mass is 511 g/mol. The number of benzene rings is 2. The van der Waals surface area contributed by atoms with E-state index in [0.29, 0.717) is 48.4 Å². The maximum Gasteiger partial charge on any atom is 0.295 e. The van der Waals surface area contributed by atoms with Gasteiger partial charge in [0.1, 0.15) is 16.6 Å². The zero-order chi connectivity index (χ0) is 25.5. The predicted molar refractivity (Wildman–Crippen MR) is 134 cm³/mol. The lowest BCUT2D eigenvalue weighted by molar-refractivity contribution is -0.130. The molecule has 0 spiro atoms. The van der Waals surface area contributed by atoms with Crippen molar-refractivity contribution < 1.29 is 28.5 Å².